The van der Waals surface area contributed by atoms with Crippen LogP contribution in [0.5, 0.6) is 0 Å². The molecular formula is C15H19NO6. The molecule has 0 radical (unpaired) electrons. The maximum Gasteiger partial charge on any atom is 0.330 e. The summed E-state index contributed by atoms with van der Waals surface area (Å²) >= 11 is 0. The van der Waals surface area contributed by atoms with E-state index in [9.17, 15) is 19.2 Å². The van der Waals surface area contributed by atoms with Crippen LogP contribution in [0.3, 0.4) is 0 Å². The van der Waals surface area contributed by atoms with Crippen molar-refractivity contribution in [2.45, 2.75) is 51.1 Å². The van der Waals surface area contributed by atoms with Crippen molar-refractivity contribution in [3.8, 4) is 0 Å². The molecule has 2 aliphatic heterocycles. The summed E-state index contributed by atoms with van der Waals surface area (Å²) in [6.07, 6.45) is 4.43. The number of esters is 2. The number of carbonyl (C=O) groups is 4. The van der Waals surface area contributed by atoms with Crippen molar-refractivity contribution >= 4 is 23.6 Å². The smallest absolute Gasteiger partial charge is 0.330 e. The number of fused-ring (bicyclic) bond motifs is 1. The first-order valence-corrected chi connectivity index (χ1v) is 7.75. The standard InChI is InChI=1S/C15H19NO6/c1-2-21-14(20)15-8-22-13(19)10(15)16(12(18)11(15)17)9-6-4-3-5-7-9/h9-10H,2-8H2,1H3. The van der Waals surface area contributed by atoms with Crippen LogP contribution in [0, 0.1) is 5.41 Å². The van der Waals surface area contributed by atoms with Crippen molar-refractivity contribution in [3.05, 3.63) is 0 Å². The topological polar surface area (TPSA) is 90.0 Å². The number of amides is 1. The zero-order valence-electron chi connectivity index (χ0n) is 12.5. The Balaban J connectivity index is 2.00. The monoisotopic (exact) mass is 309 g/mol. The average Bonchev–Trinajstić information content (AvgIpc) is 2.97. The molecule has 0 aromatic rings. The van der Waals surface area contributed by atoms with Gasteiger partial charge in [0.25, 0.3) is 5.91 Å². The molecule has 7 heteroatoms. The number of ketones is 1. The minimum Gasteiger partial charge on any atom is -0.465 e. The van der Waals surface area contributed by atoms with Gasteiger partial charge in [0.15, 0.2) is 6.04 Å². The first-order valence-electron chi connectivity index (χ1n) is 7.75. The Morgan fingerprint density at radius 2 is 1.95 bits per heavy atom. The highest BCUT2D eigenvalue weighted by Crippen LogP contribution is 2.44. The lowest BCUT2D eigenvalue weighted by Crippen LogP contribution is -2.51. The summed E-state index contributed by atoms with van der Waals surface area (Å²) in [5, 5.41) is 0. The molecule has 0 aromatic heterocycles. The highest BCUT2D eigenvalue weighted by Gasteiger charge is 2.72. The van der Waals surface area contributed by atoms with Crippen molar-refractivity contribution in [1.82, 2.24) is 4.90 Å². The van der Waals surface area contributed by atoms with Crippen LogP contribution in [0.25, 0.3) is 0 Å². The summed E-state index contributed by atoms with van der Waals surface area (Å²) in [7, 11) is 0. The van der Waals surface area contributed by atoms with Gasteiger partial charge in [0.1, 0.15) is 6.61 Å². The van der Waals surface area contributed by atoms with Gasteiger partial charge in [-0.15, -0.1) is 0 Å². The zero-order chi connectivity index (χ0) is 15.9. The van der Waals surface area contributed by atoms with E-state index in [1.807, 2.05) is 0 Å². The summed E-state index contributed by atoms with van der Waals surface area (Å²) in [4.78, 5) is 50.7. The maximum atomic E-state index is 12.5. The van der Waals surface area contributed by atoms with Crippen LogP contribution in [0.15, 0.2) is 0 Å². The molecule has 0 aromatic carbocycles. The van der Waals surface area contributed by atoms with Crippen molar-refractivity contribution in [2.75, 3.05) is 13.2 Å². The Morgan fingerprint density at radius 3 is 2.59 bits per heavy atom. The molecule has 120 valence electrons. The van der Waals surface area contributed by atoms with E-state index in [-0.39, 0.29) is 12.6 Å². The lowest BCUT2D eigenvalue weighted by molar-refractivity contribution is -0.160. The van der Waals surface area contributed by atoms with Gasteiger partial charge in [0.2, 0.25) is 11.2 Å². The summed E-state index contributed by atoms with van der Waals surface area (Å²) in [6.45, 7) is 1.29. The van der Waals surface area contributed by atoms with E-state index in [1.165, 1.54) is 4.90 Å². The molecule has 1 amide bonds. The van der Waals surface area contributed by atoms with E-state index in [0.29, 0.717) is 0 Å². The van der Waals surface area contributed by atoms with Crippen LogP contribution in [0.4, 0.5) is 0 Å². The van der Waals surface area contributed by atoms with Gasteiger partial charge in [0.05, 0.1) is 6.61 Å². The fourth-order valence-electron chi connectivity index (χ4n) is 3.77. The van der Waals surface area contributed by atoms with Crippen LogP contribution in [-0.4, -0.2) is 53.8 Å². The quantitative estimate of drug-likeness (QED) is 0.420. The number of ether oxygens (including phenoxy) is 2. The largest absolute Gasteiger partial charge is 0.465 e. The fourth-order valence-corrected chi connectivity index (χ4v) is 3.77. The highest BCUT2D eigenvalue weighted by atomic mass is 16.6. The van der Waals surface area contributed by atoms with Crippen LogP contribution in [0.1, 0.15) is 39.0 Å². The Labute approximate surface area is 127 Å². The molecule has 3 rings (SSSR count). The normalized spacial score (nSPS) is 32.1. The third-order valence-corrected chi connectivity index (χ3v) is 4.85. The number of rotatable bonds is 3. The molecule has 1 saturated carbocycles. The summed E-state index contributed by atoms with van der Waals surface area (Å²) in [5.41, 5.74) is -1.80. The first kappa shape index (κ1) is 15.0. The van der Waals surface area contributed by atoms with E-state index < -0.39 is 41.7 Å². The third kappa shape index (κ3) is 1.87. The molecular weight excluding hydrogens is 290 g/mol. The van der Waals surface area contributed by atoms with Crippen molar-refractivity contribution in [3.63, 3.8) is 0 Å². The van der Waals surface area contributed by atoms with Crippen LogP contribution < -0.4 is 0 Å². The molecule has 7 nitrogen and oxygen atoms in total. The van der Waals surface area contributed by atoms with Crippen molar-refractivity contribution in [1.29, 1.82) is 0 Å². The van der Waals surface area contributed by atoms with E-state index in [0.717, 1.165) is 32.1 Å². The van der Waals surface area contributed by atoms with Gasteiger partial charge in [-0.2, -0.15) is 0 Å². The predicted octanol–water partition coefficient (Wildman–Crippen LogP) is 0.205. The second kappa shape index (κ2) is 5.37. The van der Waals surface area contributed by atoms with Crippen LogP contribution in [0.2, 0.25) is 0 Å². The SMILES string of the molecule is CCOC(=O)C12COC(=O)C1N(C1CCCCC1)C(=O)C2=O. The molecule has 3 aliphatic rings. The number of hydrogen-bond donors (Lipinski definition) is 0. The predicted molar refractivity (Wildman–Crippen MR) is 72.5 cm³/mol. The Bertz CT molecular complexity index is 538. The first-order chi connectivity index (χ1) is 10.5. The fraction of sp³-hybridized carbons (Fsp3) is 0.733. The summed E-state index contributed by atoms with van der Waals surface area (Å²) < 4.78 is 9.94. The lowest BCUT2D eigenvalue weighted by Gasteiger charge is -2.34. The van der Waals surface area contributed by atoms with E-state index >= 15 is 0 Å². The Hall–Kier alpha value is -1.92. The molecule has 2 unspecified atom stereocenters. The Morgan fingerprint density at radius 1 is 1.27 bits per heavy atom. The minimum absolute atomic E-state index is 0.0758. The molecule has 2 heterocycles. The molecule has 2 saturated heterocycles. The second-order valence-electron chi connectivity index (χ2n) is 6.04. The molecule has 1 aliphatic carbocycles. The Kier molecular flexibility index (Phi) is 3.66. The zero-order valence-corrected chi connectivity index (χ0v) is 12.5. The molecule has 0 N–H and O–H groups in total. The molecule has 22 heavy (non-hydrogen) atoms. The van der Waals surface area contributed by atoms with Gasteiger partial charge in [-0.25, -0.2) is 4.79 Å². The van der Waals surface area contributed by atoms with E-state index in [4.69, 9.17) is 9.47 Å². The summed E-state index contributed by atoms with van der Waals surface area (Å²) in [6, 6.07) is -1.34. The van der Waals surface area contributed by atoms with Gasteiger partial charge in [-0.05, 0) is 19.8 Å². The van der Waals surface area contributed by atoms with E-state index in [1.54, 1.807) is 6.92 Å². The van der Waals surface area contributed by atoms with E-state index in [2.05, 4.69) is 0 Å². The van der Waals surface area contributed by atoms with Gasteiger partial charge >= 0.3 is 11.9 Å². The number of carbonyl (C=O) groups excluding carboxylic acids is 4. The van der Waals surface area contributed by atoms with Crippen molar-refractivity contribution in [2.24, 2.45) is 5.41 Å². The average molecular weight is 309 g/mol. The number of Topliss-reactive ketones (excluding diaryl/α,β-unsaturated/α-hetero) is 1. The molecule has 2 atom stereocenters. The summed E-state index contributed by atoms with van der Waals surface area (Å²) in [5.74, 6) is -3.13. The second-order valence-corrected chi connectivity index (χ2v) is 6.04. The third-order valence-electron chi connectivity index (χ3n) is 4.85. The molecule has 3 fully saturated rings. The highest BCUT2D eigenvalue weighted by molar-refractivity contribution is 6.46. The van der Waals surface area contributed by atoms with Crippen LogP contribution >= 0.6 is 0 Å². The number of likely N-dealkylation sites (tertiary alicyclic amines) is 1. The lowest BCUT2D eigenvalue weighted by atomic mass is 9.81. The number of hydrogen-bond acceptors (Lipinski definition) is 6. The van der Waals surface area contributed by atoms with Gasteiger partial charge in [-0.3, -0.25) is 14.4 Å². The van der Waals surface area contributed by atoms with Gasteiger partial charge < -0.3 is 14.4 Å². The molecule has 0 spiro atoms. The van der Waals surface area contributed by atoms with Crippen LogP contribution in [-0.2, 0) is 28.7 Å². The van der Waals surface area contributed by atoms with Crippen molar-refractivity contribution < 1.29 is 28.7 Å². The van der Waals surface area contributed by atoms with Gasteiger partial charge in [0, 0.05) is 6.04 Å². The minimum atomic E-state index is -1.80. The number of nitrogens with zero attached hydrogens (tertiary/aromatic N) is 1. The molecule has 0 bridgehead atoms. The maximum absolute atomic E-state index is 12.5. The number of cyclic esters (lactones) is 1. The van der Waals surface area contributed by atoms with Gasteiger partial charge in [-0.1, -0.05) is 19.3 Å².